The number of anilines is 1. The van der Waals surface area contributed by atoms with E-state index in [1.165, 1.54) is 0 Å². The minimum absolute atomic E-state index is 0.0670. The molecule has 7 heteroatoms. The first-order valence-corrected chi connectivity index (χ1v) is 10.1. The van der Waals surface area contributed by atoms with Crippen molar-refractivity contribution < 1.29 is 9.59 Å². The van der Waals surface area contributed by atoms with Crippen LogP contribution in [0.5, 0.6) is 0 Å². The number of carbonyl (C=O) groups is 2. The van der Waals surface area contributed by atoms with Crippen molar-refractivity contribution in [2.45, 2.75) is 25.4 Å². The van der Waals surface area contributed by atoms with Gasteiger partial charge in [0.05, 0.1) is 6.54 Å². The Hall–Kier alpha value is -2.70. The molecule has 2 heterocycles. The van der Waals surface area contributed by atoms with Gasteiger partial charge < -0.3 is 10.6 Å². The number of nitrogens with zero attached hydrogens (tertiary/aromatic N) is 2. The summed E-state index contributed by atoms with van der Waals surface area (Å²) in [7, 11) is 0. The van der Waals surface area contributed by atoms with Gasteiger partial charge in [-0.1, -0.05) is 35.4 Å². The molecule has 0 aromatic heterocycles. The van der Waals surface area contributed by atoms with Crippen LogP contribution in [0.15, 0.2) is 53.5 Å². The molecule has 4 rings (SSSR count). The lowest BCUT2D eigenvalue weighted by Gasteiger charge is -2.36. The summed E-state index contributed by atoms with van der Waals surface area (Å²) in [5, 5.41) is 6.59. The van der Waals surface area contributed by atoms with E-state index in [4.69, 9.17) is 16.6 Å². The smallest absolute Gasteiger partial charge is 0.272 e. The van der Waals surface area contributed by atoms with Crippen molar-refractivity contribution in [3.8, 4) is 0 Å². The van der Waals surface area contributed by atoms with E-state index in [-0.39, 0.29) is 11.8 Å². The van der Waals surface area contributed by atoms with E-state index in [0.29, 0.717) is 43.2 Å². The first-order valence-electron chi connectivity index (χ1n) is 9.70. The maximum Gasteiger partial charge on any atom is 0.272 e. The van der Waals surface area contributed by atoms with Crippen LogP contribution in [0.2, 0.25) is 5.02 Å². The normalized spacial score (nSPS) is 18.4. The average Bonchev–Trinajstić information content (AvgIpc) is 3.02. The minimum Gasteiger partial charge on any atom is -0.326 e. The molecule has 2 aliphatic rings. The monoisotopic (exact) mass is 410 g/mol. The molecule has 29 heavy (non-hydrogen) atoms. The van der Waals surface area contributed by atoms with Crippen molar-refractivity contribution in [3.05, 3.63) is 64.7 Å². The minimum atomic E-state index is -0.556. The second kappa shape index (κ2) is 7.97. The third-order valence-electron chi connectivity index (χ3n) is 5.36. The second-order valence-electron chi connectivity index (χ2n) is 7.65. The van der Waals surface area contributed by atoms with Gasteiger partial charge in [0.2, 0.25) is 5.91 Å². The topological polar surface area (TPSA) is 73.8 Å². The number of aryl methyl sites for hydroxylation is 1. The Kier molecular flexibility index (Phi) is 5.39. The van der Waals surface area contributed by atoms with E-state index in [9.17, 15) is 9.59 Å². The van der Waals surface area contributed by atoms with E-state index in [0.717, 1.165) is 16.8 Å². The summed E-state index contributed by atoms with van der Waals surface area (Å²) < 4.78 is 0. The van der Waals surface area contributed by atoms with Gasteiger partial charge in [0.1, 0.15) is 11.4 Å². The maximum atomic E-state index is 12.5. The fraction of sp³-hybridized carbons (Fsp3) is 0.318. The molecule has 1 spiro atoms. The first-order chi connectivity index (χ1) is 13.9. The second-order valence-corrected chi connectivity index (χ2v) is 8.08. The summed E-state index contributed by atoms with van der Waals surface area (Å²) in [5.41, 5.74) is 2.62. The lowest BCUT2D eigenvalue weighted by atomic mass is 9.98. The highest BCUT2D eigenvalue weighted by molar-refractivity contribution is 6.46. The number of likely N-dealkylation sites (tertiary alicyclic amines) is 1. The van der Waals surface area contributed by atoms with Crippen molar-refractivity contribution in [2.24, 2.45) is 4.99 Å². The highest BCUT2D eigenvalue weighted by Crippen LogP contribution is 2.29. The Balaban J connectivity index is 1.36. The number of halogens is 1. The van der Waals surface area contributed by atoms with Crippen LogP contribution in [0, 0.1) is 6.92 Å². The zero-order chi connectivity index (χ0) is 20.4. The summed E-state index contributed by atoms with van der Waals surface area (Å²) >= 11 is 5.87. The Labute approximate surface area is 175 Å². The van der Waals surface area contributed by atoms with Crippen LogP contribution in [0.1, 0.15) is 24.0 Å². The van der Waals surface area contributed by atoms with Gasteiger partial charge in [0.25, 0.3) is 5.91 Å². The first kappa shape index (κ1) is 19.6. The predicted molar refractivity (Wildman–Crippen MR) is 114 cm³/mol. The standard InChI is InChI=1S/C22H23ClN4O2/c1-15-3-2-4-16(13-15)20-21(29)26-22(25-20)9-11-27(12-10-22)14-19(28)24-18-7-5-17(23)6-8-18/h2-8,13H,9-12,14H2,1H3,(H,24,28)(H,26,29). The summed E-state index contributed by atoms with van der Waals surface area (Å²) in [5.74, 6) is -0.188. The van der Waals surface area contributed by atoms with Gasteiger partial charge in [0, 0.05) is 42.2 Å². The number of nitrogens with one attached hydrogen (secondary N) is 2. The van der Waals surface area contributed by atoms with Gasteiger partial charge in [-0.3, -0.25) is 19.5 Å². The molecule has 0 bridgehead atoms. The van der Waals surface area contributed by atoms with Crippen molar-refractivity contribution in [2.75, 3.05) is 25.0 Å². The van der Waals surface area contributed by atoms with Crippen LogP contribution < -0.4 is 10.6 Å². The number of hydrogen-bond acceptors (Lipinski definition) is 4. The molecule has 0 atom stereocenters. The van der Waals surface area contributed by atoms with Gasteiger partial charge in [-0.2, -0.15) is 0 Å². The predicted octanol–water partition coefficient (Wildman–Crippen LogP) is 3.00. The van der Waals surface area contributed by atoms with Crippen LogP contribution in [0.3, 0.4) is 0 Å². The van der Waals surface area contributed by atoms with Crippen LogP contribution in [-0.2, 0) is 9.59 Å². The molecular weight excluding hydrogens is 388 g/mol. The summed E-state index contributed by atoms with van der Waals surface area (Å²) in [4.78, 5) is 31.7. The van der Waals surface area contributed by atoms with E-state index < -0.39 is 5.66 Å². The lowest BCUT2D eigenvalue weighted by molar-refractivity contribution is -0.119. The average molecular weight is 411 g/mol. The van der Waals surface area contributed by atoms with Crippen molar-refractivity contribution in [1.29, 1.82) is 0 Å². The van der Waals surface area contributed by atoms with Crippen molar-refractivity contribution in [1.82, 2.24) is 10.2 Å². The quantitative estimate of drug-likeness (QED) is 0.813. The van der Waals surface area contributed by atoms with Crippen LogP contribution in [0.25, 0.3) is 0 Å². The third-order valence-corrected chi connectivity index (χ3v) is 5.61. The molecule has 2 aromatic rings. The summed E-state index contributed by atoms with van der Waals surface area (Å²) in [6.45, 7) is 3.69. The number of amides is 2. The van der Waals surface area contributed by atoms with Crippen molar-refractivity contribution >= 4 is 34.8 Å². The molecule has 1 fully saturated rings. The highest BCUT2D eigenvalue weighted by Gasteiger charge is 2.42. The highest BCUT2D eigenvalue weighted by atomic mass is 35.5. The SMILES string of the molecule is Cc1cccc(C2=NC3(CCN(CC(=O)Nc4ccc(Cl)cc4)CC3)NC2=O)c1. The number of aliphatic imine (C=N–C) groups is 1. The van der Waals surface area contributed by atoms with Crippen LogP contribution in [-0.4, -0.2) is 47.7 Å². The number of piperidine rings is 1. The molecule has 0 aliphatic carbocycles. The molecule has 2 amide bonds. The zero-order valence-corrected chi connectivity index (χ0v) is 17.0. The summed E-state index contributed by atoms with van der Waals surface area (Å²) in [6, 6.07) is 14.9. The molecule has 2 aliphatic heterocycles. The van der Waals surface area contributed by atoms with Crippen molar-refractivity contribution in [3.63, 3.8) is 0 Å². The lowest BCUT2D eigenvalue weighted by Crippen LogP contribution is -2.52. The van der Waals surface area contributed by atoms with Gasteiger partial charge in [0.15, 0.2) is 0 Å². The molecule has 1 saturated heterocycles. The molecule has 2 N–H and O–H groups in total. The van der Waals surface area contributed by atoms with E-state index in [1.54, 1.807) is 24.3 Å². The maximum absolute atomic E-state index is 12.5. The third kappa shape index (κ3) is 4.49. The number of rotatable bonds is 4. The largest absolute Gasteiger partial charge is 0.326 e. The van der Waals surface area contributed by atoms with Gasteiger partial charge in [-0.05, 0) is 37.3 Å². The molecule has 6 nitrogen and oxygen atoms in total. The Morgan fingerprint density at radius 1 is 1.21 bits per heavy atom. The van der Waals surface area contributed by atoms with Gasteiger partial charge in [-0.25, -0.2) is 0 Å². The number of hydrogen-bond donors (Lipinski definition) is 2. The Morgan fingerprint density at radius 2 is 1.93 bits per heavy atom. The van der Waals surface area contributed by atoms with Gasteiger partial charge in [-0.15, -0.1) is 0 Å². The molecule has 0 radical (unpaired) electrons. The Bertz CT molecular complexity index is 963. The van der Waals surface area contributed by atoms with Gasteiger partial charge >= 0.3 is 0 Å². The fourth-order valence-electron chi connectivity index (χ4n) is 3.81. The molecule has 0 unspecified atom stereocenters. The molecule has 0 saturated carbocycles. The molecular formula is C22H23ClN4O2. The number of carbonyl (C=O) groups excluding carboxylic acids is 2. The van der Waals surface area contributed by atoms with E-state index in [1.807, 2.05) is 31.2 Å². The van der Waals surface area contributed by atoms with Crippen LogP contribution >= 0.6 is 11.6 Å². The molecule has 2 aromatic carbocycles. The Morgan fingerprint density at radius 3 is 2.62 bits per heavy atom. The van der Waals surface area contributed by atoms with Crippen LogP contribution in [0.4, 0.5) is 5.69 Å². The molecule has 150 valence electrons. The van der Waals surface area contributed by atoms with E-state index >= 15 is 0 Å². The zero-order valence-electron chi connectivity index (χ0n) is 16.2. The number of benzene rings is 2. The van der Waals surface area contributed by atoms with E-state index in [2.05, 4.69) is 15.5 Å². The fourth-order valence-corrected chi connectivity index (χ4v) is 3.93. The summed E-state index contributed by atoms with van der Waals surface area (Å²) in [6.07, 6.45) is 1.37.